The van der Waals surface area contributed by atoms with Crippen LogP contribution in [0.4, 0.5) is 5.13 Å². The van der Waals surface area contributed by atoms with Crippen LogP contribution in [-0.2, 0) is 0 Å². The molecule has 130 valence electrons. The first kappa shape index (κ1) is 17.5. The summed E-state index contributed by atoms with van der Waals surface area (Å²) in [6.07, 6.45) is 3.96. The van der Waals surface area contributed by atoms with Gasteiger partial charge in [0, 0.05) is 23.5 Å². The predicted molar refractivity (Wildman–Crippen MR) is 107 cm³/mol. The molecule has 0 aliphatic carbocycles. The molecule has 0 N–H and O–H groups in total. The molecule has 2 heterocycles. The first-order chi connectivity index (χ1) is 11.5. The van der Waals surface area contributed by atoms with Crippen LogP contribution in [0.25, 0.3) is 11.3 Å². The molecule has 1 aromatic carbocycles. The van der Waals surface area contributed by atoms with E-state index in [1.54, 1.807) is 0 Å². The van der Waals surface area contributed by atoms with Crippen molar-refractivity contribution < 1.29 is 0 Å². The summed E-state index contributed by atoms with van der Waals surface area (Å²) in [6.45, 7) is 13.7. The Morgan fingerprint density at radius 1 is 1.00 bits per heavy atom. The Morgan fingerprint density at radius 3 is 2.33 bits per heavy atom. The molecule has 2 aromatic rings. The molecule has 1 aliphatic heterocycles. The van der Waals surface area contributed by atoms with Gasteiger partial charge in [-0.25, -0.2) is 4.98 Å². The van der Waals surface area contributed by atoms with Gasteiger partial charge >= 0.3 is 0 Å². The van der Waals surface area contributed by atoms with E-state index in [2.05, 4.69) is 57.7 Å². The maximum Gasteiger partial charge on any atom is 0.186 e. The van der Waals surface area contributed by atoms with Gasteiger partial charge in [0.15, 0.2) is 5.13 Å². The number of rotatable bonds is 4. The molecule has 0 radical (unpaired) electrons. The van der Waals surface area contributed by atoms with E-state index in [0.29, 0.717) is 11.8 Å². The zero-order chi connectivity index (χ0) is 17.3. The number of anilines is 1. The number of piperidine rings is 1. The lowest BCUT2D eigenvalue weighted by molar-refractivity contribution is 0.577. The zero-order valence-corrected chi connectivity index (χ0v) is 16.5. The molecule has 2 nitrogen and oxygen atoms in total. The highest BCUT2D eigenvalue weighted by Gasteiger charge is 2.20. The van der Waals surface area contributed by atoms with Crippen molar-refractivity contribution in [2.24, 2.45) is 0 Å². The van der Waals surface area contributed by atoms with Crippen molar-refractivity contribution in [2.75, 3.05) is 18.0 Å². The lowest BCUT2D eigenvalue weighted by Crippen LogP contribution is -2.29. The molecule has 3 heteroatoms. The van der Waals surface area contributed by atoms with E-state index in [-0.39, 0.29) is 0 Å². The van der Waals surface area contributed by atoms with Crippen molar-refractivity contribution in [3.63, 3.8) is 0 Å². The third-order valence-corrected chi connectivity index (χ3v) is 6.06. The highest BCUT2D eigenvalue weighted by Crippen LogP contribution is 2.38. The van der Waals surface area contributed by atoms with Gasteiger partial charge in [-0.05, 0) is 49.1 Å². The number of benzene rings is 1. The Hall–Kier alpha value is -1.35. The maximum atomic E-state index is 5.07. The molecule has 0 saturated carbocycles. The smallest absolute Gasteiger partial charge is 0.186 e. The molecule has 1 saturated heterocycles. The third-order valence-electron chi connectivity index (χ3n) is 5.03. The van der Waals surface area contributed by atoms with E-state index in [9.17, 15) is 0 Å². The normalized spacial score (nSPS) is 15.5. The quantitative estimate of drug-likeness (QED) is 0.643. The largest absolute Gasteiger partial charge is 0.348 e. The van der Waals surface area contributed by atoms with Crippen molar-refractivity contribution in [3.8, 4) is 11.3 Å². The fraction of sp³-hybridized carbons (Fsp3) is 0.571. The number of hydrogen-bond donors (Lipinski definition) is 0. The molecular weight excluding hydrogens is 312 g/mol. The van der Waals surface area contributed by atoms with E-state index in [4.69, 9.17) is 4.98 Å². The molecule has 1 aromatic heterocycles. The molecule has 1 aliphatic rings. The average Bonchev–Trinajstić information content (AvgIpc) is 2.96. The van der Waals surface area contributed by atoms with E-state index >= 15 is 0 Å². The first-order valence-corrected chi connectivity index (χ1v) is 10.2. The lowest BCUT2D eigenvalue weighted by atomic mass is 9.90. The average molecular weight is 343 g/mol. The van der Waals surface area contributed by atoms with Crippen molar-refractivity contribution in [2.45, 2.75) is 65.7 Å². The van der Waals surface area contributed by atoms with E-state index < -0.39 is 0 Å². The topological polar surface area (TPSA) is 16.1 Å². The van der Waals surface area contributed by atoms with Crippen molar-refractivity contribution in [3.05, 3.63) is 34.2 Å². The zero-order valence-electron chi connectivity index (χ0n) is 15.7. The molecule has 0 atom stereocenters. The van der Waals surface area contributed by atoms with Gasteiger partial charge in [-0.1, -0.05) is 45.9 Å². The van der Waals surface area contributed by atoms with Crippen LogP contribution in [0.3, 0.4) is 0 Å². The van der Waals surface area contributed by atoms with Gasteiger partial charge in [-0.15, -0.1) is 11.3 Å². The van der Waals surface area contributed by atoms with E-state index in [1.165, 1.54) is 51.7 Å². The van der Waals surface area contributed by atoms with Crippen LogP contribution in [0, 0.1) is 6.92 Å². The van der Waals surface area contributed by atoms with Crippen LogP contribution in [-0.4, -0.2) is 18.1 Å². The Kier molecular flexibility index (Phi) is 5.29. The minimum Gasteiger partial charge on any atom is -0.348 e. The summed E-state index contributed by atoms with van der Waals surface area (Å²) in [5.41, 5.74) is 5.37. The second kappa shape index (κ2) is 7.26. The van der Waals surface area contributed by atoms with Crippen LogP contribution in [0.15, 0.2) is 18.2 Å². The van der Waals surface area contributed by atoms with Crippen molar-refractivity contribution >= 4 is 16.5 Å². The molecule has 0 unspecified atom stereocenters. The standard InChI is InChI=1S/C21H30N2S/c1-14(2)17-9-10-18(19(13-17)15(3)4)20-16(5)24-21(22-20)23-11-7-6-8-12-23/h9-10,13-15H,6-8,11-12H2,1-5H3. The van der Waals surface area contributed by atoms with Gasteiger partial charge in [0.1, 0.15) is 0 Å². The number of hydrogen-bond acceptors (Lipinski definition) is 3. The molecule has 3 rings (SSSR count). The molecule has 0 spiro atoms. The Bertz CT molecular complexity index is 694. The highest BCUT2D eigenvalue weighted by molar-refractivity contribution is 7.16. The van der Waals surface area contributed by atoms with Gasteiger partial charge in [0.05, 0.1) is 5.69 Å². The lowest BCUT2D eigenvalue weighted by Gasteiger charge is -2.25. The monoisotopic (exact) mass is 342 g/mol. The number of aryl methyl sites for hydroxylation is 1. The summed E-state index contributed by atoms with van der Waals surface area (Å²) in [5, 5.41) is 1.21. The summed E-state index contributed by atoms with van der Waals surface area (Å²) in [5.74, 6) is 1.08. The van der Waals surface area contributed by atoms with E-state index in [0.717, 1.165) is 13.1 Å². The molecule has 1 fully saturated rings. The van der Waals surface area contributed by atoms with Gasteiger partial charge in [0.2, 0.25) is 0 Å². The second-order valence-electron chi connectivity index (χ2n) is 7.61. The minimum absolute atomic E-state index is 0.512. The van der Waals surface area contributed by atoms with Gasteiger partial charge < -0.3 is 4.90 Å². The maximum absolute atomic E-state index is 5.07. The molecule has 24 heavy (non-hydrogen) atoms. The Labute approximate surface area is 150 Å². The predicted octanol–water partition coefficient (Wildman–Crippen LogP) is 6.36. The summed E-state index contributed by atoms with van der Waals surface area (Å²) in [7, 11) is 0. The summed E-state index contributed by atoms with van der Waals surface area (Å²) in [4.78, 5) is 8.88. The third kappa shape index (κ3) is 3.51. The highest BCUT2D eigenvalue weighted by atomic mass is 32.1. The van der Waals surface area contributed by atoms with Gasteiger partial charge in [-0.2, -0.15) is 0 Å². The number of nitrogens with zero attached hydrogens (tertiary/aromatic N) is 2. The molecular formula is C21H30N2S. The first-order valence-electron chi connectivity index (χ1n) is 9.34. The van der Waals surface area contributed by atoms with Crippen LogP contribution in [0.1, 0.15) is 74.8 Å². The Morgan fingerprint density at radius 2 is 1.71 bits per heavy atom. The molecule has 0 amide bonds. The second-order valence-corrected chi connectivity index (χ2v) is 8.79. The van der Waals surface area contributed by atoms with Gasteiger partial charge in [0.25, 0.3) is 0 Å². The van der Waals surface area contributed by atoms with E-state index in [1.807, 2.05) is 11.3 Å². The number of aromatic nitrogens is 1. The fourth-order valence-electron chi connectivity index (χ4n) is 3.49. The van der Waals surface area contributed by atoms with Crippen LogP contribution >= 0.6 is 11.3 Å². The van der Waals surface area contributed by atoms with Crippen LogP contribution in [0.2, 0.25) is 0 Å². The summed E-state index contributed by atoms with van der Waals surface area (Å²) < 4.78 is 0. The van der Waals surface area contributed by atoms with Gasteiger partial charge in [-0.3, -0.25) is 0 Å². The van der Waals surface area contributed by atoms with Crippen molar-refractivity contribution in [1.29, 1.82) is 0 Å². The fourth-order valence-corrected chi connectivity index (χ4v) is 4.46. The molecule has 0 bridgehead atoms. The Balaban J connectivity index is 2.00. The van der Waals surface area contributed by atoms with Crippen molar-refractivity contribution in [1.82, 2.24) is 4.98 Å². The summed E-state index contributed by atoms with van der Waals surface area (Å²) in [6, 6.07) is 6.97. The van der Waals surface area contributed by atoms with Crippen LogP contribution in [0.5, 0.6) is 0 Å². The SMILES string of the molecule is Cc1sc(N2CCCCC2)nc1-c1ccc(C(C)C)cc1C(C)C. The van der Waals surface area contributed by atoms with Crippen LogP contribution < -0.4 is 4.90 Å². The minimum atomic E-state index is 0.512. The summed E-state index contributed by atoms with van der Waals surface area (Å²) >= 11 is 1.86. The number of thiazole rings is 1.